The Hall–Kier alpha value is -3.89. The van der Waals surface area contributed by atoms with Gasteiger partial charge in [-0.25, -0.2) is 4.68 Å². The number of hydrogen-bond donors (Lipinski definition) is 2. The molecule has 2 amide bonds. The van der Waals surface area contributed by atoms with Gasteiger partial charge in [-0.3, -0.25) is 14.4 Å². The molecule has 0 aliphatic carbocycles. The second-order valence-electron chi connectivity index (χ2n) is 5.96. The van der Waals surface area contributed by atoms with E-state index in [0.29, 0.717) is 22.0 Å². The first-order valence-corrected chi connectivity index (χ1v) is 8.17. The fourth-order valence-corrected chi connectivity index (χ4v) is 2.53. The zero-order valence-corrected chi connectivity index (χ0v) is 14.7. The van der Waals surface area contributed by atoms with Gasteiger partial charge in [0.25, 0.3) is 11.5 Å². The molecule has 0 saturated heterocycles. The number of anilines is 1. The highest BCUT2D eigenvalue weighted by Gasteiger charge is 2.34. The van der Waals surface area contributed by atoms with Gasteiger partial charge < -0.3 is 15.6 Å². The molecule has 0 unspecified atom stereocenters. The predicted molar refractivity (Wildman–Crippen MR) is 96.4 cm³/mol. The number of benzene rings is 1. The van der Waals surface area contributed by atoms with E-state index in [0.717, 1.165) is 12.3 Å². The third kappa shape index (κ3) is 4.51. The number of nitrogens with two attached hydrogens (primary N) is 1. The third-order valence-electron chi connectivity index (χ3n) is 3.90. The molecule has 0 aliphatic heterocycles. The van der Waals surface area contributed by atoms with Gasteiger partial charge in [0.15, 0.2) is 0 Å². The molecule has 0 atom stereocenters. The molecule has 11 heteroatoms. The van der Waals surface area contributed by atoms with E-state index in [1.807, 2.05) is 0 Å². The topological polar surface area (TPSA) is 112 Å². The fourth-order valence-electron chi connectivity index (χ4n) is 2.53. The summed E-state index contributed by atoms with van der Waals surface area (Å²) in [6, 6.07) is 9.44. The first-order valence-electron chi connectivity index (χ1n) is 8.17. The monoisotopic (exact) mass is 405 g/mol. The maximum Gasteiger partial charge on any atom is 0.421 e. The number of nitrogens with one attached hydrogen (secondary N) is 1. The van der Waals surface area contributed by atoms with Crippen molar-refractivity contribution in [1.82, 2.24) is 14.3 Å². The van der Waals surface area contributed by atoms with Crippen LogP contribution in [0.1, 0.15) is 16.1 Å². The van der Waals surface area contributed by atoms with Crippen molar-refractivity contribution in [2.75, 3.05) is 5.32 Å². The normalized spacial score (nSPS) is 11.3. The van der Waals surface area contributed by atoms with Crippen molar-refractivity contribution in [2.24, 2.45) is 5.73 Å². The van der Waals surface area contributed by atoms with Crippen molar-refractivity contribution in [2.45, 2.75) is 12.7 Å². The molecule has 3 rings (SSSR count). The Morgan fingerprint density at radius 2 is 1.76 bits per heavy atom. The van der Waals surface area contributed by atoms with E-state index in [1.54, 1.807) is 12.1 Å². The minimum Gasteiger partial charge on any atom is -0.364 e. The first kappa shape index (κ1) is 19.9. The molecule has 2 aromatic heterocycles. The van der Waals surface area contributed by atoms with Gasteiger partial charge in [-0.15, -0.1) is 0 Å². The number of carbonyl (C=O) groups excluding carboxylic acids is 2. The second kappa shape index (κ2) is 7.62. The number of primary amides is 1. The highest BCUT2D eigenvalue weighted by Crippen LogP contribution is 2.26. The number of pyridine rings is 1. The van der Waals surface area contributed by atoms with Crippen molar-refractivity contribution < 1.29 is 22.8 Å². The predicted octanol–water partition coefficient (Wildman–Crippen LogP) is 1.79. The van der Waals surface area contributed by atoms with Gasteiger partial charge in [-0.2, -0.15) is 18.3 Å². The van der Waals surface area contributed by atoms with Crippen LogP contribution in [0.15, 0.2) is 59.7 Å². The highest BCUT2D eigenvalue weighted by atomic mass is 19.4. The summed E-state index contributed by atoms with van der Waals surface area (Å²) in [5.41, 5.74) is 3.55. The van der Waals surface area contributed by atoms with Gasteiger partial charge in [0.1, 0.15) is 17.8 Å². The maximum absolute atomic E-state index is 12.8. The van der Waals surface area contributed by atoms with Crippen LogP contribution in [-0.2, 0) is 17.5 Å². The molecule has 1 aromatic carbocycles. The number of carbonyl (C=O) groups is 2. The molecule has 0 spiro atoms. The summed E-state index contributed by atoms with van der Waals surface area (Å²) in [5.74, 6) is -1.34. The molecule has 0 aliphatic rings. The van der Waals surface area contributed by atoms with E-state index in [1.165, 1.54) is 29.1 Å². The molecular weight excluding hydrogens is 391 g/mol. The lowest BCUT2D eigenvalue weighted by atomic mass is 10.2. The highest BCUT2D eigenvalue weighted by molar-refractivity contribution is 5.91. The molecule has 0 bridgehead atoms. The number of amides is 2. The van der Waals surface area contributed by atoms with Crippen LogP contribution in [0.25, 0.3) is 5.69 Å². The van der Waals surface area contributed by atoms with E-state index in [-0.39, 0.29) is 5.69 Å². The second-order valence-corrected chi connectivity index (χ2v) is 5.96. The number of hydrogen-bond acceptors (Lipinski definition) is 4. The van der Waals surface area contributed by atoms with Crippen molar-refractivity contribution in [3.8, 4) is 5.69 Å². The van der Waals surface area contributed by atoms with Crippen LogP contribution in [0.3, 0.4) is 0 Å². The number of halogens is 3. The molecule has 2 heterocycles. The van der Waals surface area contributed by atoms with Gasteiger partial charge in [0.05, 0.1) is 5.69 Å². The van der Waals surface area contributed by atoms with Gasteiger partial charge in [0, 0.05) is 18.1 Å². The summed E-state index contributed by atoms with van der Waals surface area (Å²) in [4.78, 5) is 35.1. The Bertz CT molecular complexity index is 1120. The Labute approximate surface area is 161 Å². The lowest BCUT2D eigenvalue weighted by Gasteiger charge is -2.11. The molecule has 150 valence electrons. The van der Waals surface area contributed by atoms with Crippen LogP contribution in [0.4, 0.5) is 18.9 Å². The van der Waals surface area contributed by atoms with Gasteiger partial charge in [0.2, 0.25) is 5.91 Å². The van der Waals surface area contributed by atoms with Gasteiger partial charge >= 0.3 is 6.18 Å². The number of aromatic nitrogens is 3. The minimum absolute atomic E-state index is 0.0916. The standard InChI is InChI=1S/C18H14F3N5O3/c19-18(20,21)13-2-1-8-25(17(13)29)10-15(27)23-11-3-5-12(6-4-11)26-9-7-14(24-26)16(22)28/h1-9H,10H2,(H2,22,28)(H,23,27). The van der Waals surface area contributed by atoms with Gasteiger partial charge in [-0.05, 0) is 42.5 Å². The largest absolute Gasteiger partial charge is 0.421 e. The van der Waals surface area contributed by atoms with Crippen LogP contribution in [0.2, 0.25) is 0 Å². The quantitative estimate of drug-likeness (QED) is 0.674. The summed E-state index contributed by atoms with van der Waals surface area (Å²) in [6.45, 7) is -0.578. The summed E-state index contributed by atoms with van der Waals surface area (Å²) in [6.07, 6.45) is -2.16. The van der Waals surface area contributed by atoms with Gasteiger partial charge in [-0.1, -0.05) is 0 Å². The number of nitrogens with zero attached hydrogens (tertiary/aromatic N) is 3. The van der Waals surface area contributed by atoms with Crippen LogP contribution in [-0.4, -0.2) is 26.2 Å². The molecule has 3 N–H and O–H groups in total. The molecule has 8 nitrogen and oxygen atoms in total. The molecule has 0 saturated carbocycles. The molecule has 3 aromatic rings. The Kier molecular flexibility index (Phi) is 5.22. The first-order chi connectivity index (χ1) is 13.6. The molecular formula is C18H14F3N5O3. The zero-order valence-electron chi connectivity index (χ0n) is 14.7. The summed E-state index contributed by atoms with van der Waals surface area (Å²) in [5, 5.41) is 6.48. The lowest BCUT2D eigenvalue weighted by molar-refractivity contribution is -0.139. The maximum atomic E-state index is 12.8. The van der Waals surface area contributed by atoms with Crippen LogP contribution >= 0.6 is 0 Å². The Morgan fingerprint density at radius 3 is 2.34 bits per heavy atom. The van der Waals surface area contributed by atoms with E-state index < -0.39 is 35.7 Å². The van der Waals surface area contributed by atoms with Crippen LogP contribution in [0.5, 0.6) is 0 Å². The van der Waals surface area contributed by atoms with E-state index in [9.17, 15) is 27.6 Å². The summed E-state index contributed by atoms with van der Waals surface area (Å²) in [7, 11) is 0. The van der Waals surface area contributed by atoms with Crippen molar-refractivity contribution in [3.05, 3.63) is 76.5 Å². The Morgan fingerprint density at radius 1 is 1.07 bits per heavy atom. The molecule has 0 radical (unpaired) electrons. The van der Waals surface area contributed by atoms with E-state index >= 15 is 0 Å². The summed E-state index contributed by atoms with van der Waals surface area (Å²) < 4.78 is 40.5. The van der Waals surface area contributed by atoms with Crippen molar-refractivity contribution >= 4 is 17.5 Å². The Balaban J connectivity index is 1.70. The molecule has 0 fully saturated rings. The van der Waals surface area contributed by atoms with E-state index in [4.69, 9.17) is 5.73 Å². The average Bonchev–Trinajstić information content (AvgIpc) is 3.13. The SMILES string of the molecule is NC(=O)c1ccn(-c2ccc(NC(=O)Cn3cccc(C(F)(F)F)c3=O)cc2)n1. The fraction of sp³-hybridized carbons (Fsp3) is 0.111. The average molecular weight is 405 g/mol. The number of rotatable bonds is 5. The number of alkyl halides is 3. The van der Waals surface area contributed by atoms with Crippen molar-refractivity contribution in [3.63, 3.8) is 0 Å². The minimum atomic E-state index is -4.80. The van der Waals surface area contributed by atoms with E-state index in [2.05, 4.69) is 10.4 Å². The van der Waals surface area contributed by atoms with Crippen molar-refractivity contribution in [1.29, 1.82) is 0 Å². The lowest BCUT2D eigenvalue weighted by Crippen LogP contribution is -2.31. The zero-order chi connectivity index (χ0) is 21.2. The third-order valence-corrected chi connectivity index (χ3v) is 3.90. The molecule has 29 heavy (non-hydrogen) atoms. The van der Waals surface area contributed by atoms with Crippen LogP contribution in [0, 0.1) is 0 Å². The van der Waals surface area contributed by atoms with Crippen LogP contribution < -0.4 is 16.6 Å². The smallest absolute Gasteiger partial charge is 0.364 e. The summed E-state index contributed by atoms with van der Waals surface area (Å²) >= 11 is 0.